The molecule has 1 saturated heterocycles. The molecule has 0 radical (unpaired) electrons. The summed E-state index contributed by atoms with van der Waals surface area (Å²) >= 11 is 0. The quantitative estimate of drug-likeness (QED) is 0.813. The molecule has 1 fully saturated rings. The van der Waals surface area contributed by atoms with Crippen molar-refractivity contribution < 1.29 is 4.79 Å². The minimum Gasteiger partial charge on any atom is -0.326 e. The molecule has 2 N–H and O–H groups in total. The van der Waals surface area contributed by atoms with Gasteiger partial charge in [-0.25, -0.2) is 0 Å². The zero-order valence-electron chi connectivity index (χ0n) is 9.41. The second kappa shape index (κ2) is 5.66. The Bertz CT molecular complexity index is 331. The largest absolute Gasteiger partial charge is 0.326 e. The lowest BCUT2D eigenvalue weighted by molar-refractivity contribution is -0.116. The third kappa shape index (κ3) is 3.35. The van der Waals surface area contributed by atoms with Crippen molar-refractivity contribution in [2.24, 2.45) is 0 Å². The van der Waals surface area contributed by atoms with E-state index < -0.39 is 0 Å². The third-order valence-corrected chi connectivity index (χ3v) is 2.94. The van der Waals surface area contributed by atoms with Crippen molar-refractivity contribution in [3.05, 3.63) is 30.3 Å². The number of carbonyl (C=O) groups excluding carboxylic acids is 1. The maximum absolute atomic E-state index is 11.6. The van der Waals surface area contributed by atoms with Crippen LogP contribution in [0.15, 0.2) is 30.3 Å². The number of rotatable bonds is 4. The highest BCUT2D eigenvalue weighted by Crippen LogP contribution is 2.12. The number of carbonyl (C=O) groups is 1. The summed E-state index contributed by atoms with van der Waals surface area (Å²) in [7, 11) is 0. The molecular formula is C13H18N2O. The Morgan fingerprint density at radius 1 is 1.38 bits per heavy atom. The van der Waals surface area contributed by atoms with Crippen LogP contribution >= 0.6 is 0 Å². The van der Waals surface area contributed by atoms with Gasteiger partial charge in [-0.05, 0) is 37.9 Å². The first-order valence-corrected chi connectivity index (χ1v) is 5.93. The smallest absolute Gasteiger partial charge is 0.224 e. The van der Waals surface area contributed by atoms with Crippen LogP contribution in [0.3, 0.4) is 0 Å². The molecule has 16 heavy (non-hydrogen) atoms. The van der Waals surface area contributed by atoms with Crippen LogP contribution in [0.4, 0.5) is 5.69 Å². The first kappa shape index (κ1) is 11.1. The number of anilines is 1. The van der Waals surface area contributed by atoms with Gasteiger partial charge in [0.2, 0.25) is 5.91 Å². The monoisotopic (exact) mass is 218 g/mol. The zero-order chi connectivity index (χ0) is 11.2. The lowest BCUT2D eigenvalue weighted by Crippen LogP contribution is -2.23. The number of benzene rings is 1. The summed E-state index contributed by atoms with van der Waals surface area (Å²) in [6.07, 6.45) is 3.99. The Morgan fingerprint density at radius 3 is 2.88 bits per heavy atom. The van der Waals surface area contributed by atoms with Crippen LogP contribution in [0.25, 0.3) is 0 Å². The molecule has 1 amide bonds. The van der Waals surface area contributed by atoms with Gasteiger partial charge in [0, 0.05) is 18.2 Å². The van der Waals surface area contributed by atoms with Gasteiger partial charge in [-0.1, -0.05) is 18.2 Å². The molecular weight excluding hydrogens is 200 g/mol. The second-order valence-corrected chi connectivity index (χ2v) is 4.25. The third-order valence-electron chi connectivity index (χ3n) is 2.94. The summed E-state index contributed by atoms with van der Waals surface area (Å²) < 4.78 is 0. The van der Waals surface area contributed by atoms with E-state index in [0.717, 1.165) is 18.7 Å². The van der Waals surface area contributed by atoms with Crippen molar-refractivity contribution in [1.82, 2.24) is 5.32 Å². The van der Waals surface area contributed by atoms with Crippen molar-refractivity contribution >= 4 is 11.6 Å². The molecule has 1 aromatic carbocycles. The highest BCUT2D eigenvalue weighted by atomic mass is 16.1. The van der Waals surface area contributed by atoms with Gasteiger partial charge in [0.1, 0.15) is 0 Å². The number of hydrogen-bond donors (Lipinski definition) is 2. The van der Waals surface area contributed by atoms with Gasteiger partial charge in [-0.15, -0.1) is 0 Å². The molecule has 3 heteroatoms. The molecule has 0 aromatic heterocycles. The molecule has 1 aliphatic heterocycles. The first-order valence-electron chi connectivity index (χ1n) is 5.93. The lowest BCUT2D eigenvalue weighted by atomic mass is 10.1. The first-order chi connectivity index (χ1) is 7.84. The maximum Gasteiger partial charge on any atom is 0.224 e. The molecule has 1 aromatic rings. The molecule has 0 saturated carbocycles. The summed E-state index contributed by atoms with van der Waals surface area (Å²) in [6, 6.07) is 10.2. The predicted molar refractivity (Wildman–Crippen MR) is 65.3 cm³/mol. The number of amides is 1. The van der Waals surface area contributed by atoms with Gasteiger partial charge in [-0.3, -0.25) is 4.79 Å². The second-order valence-electron chi connectivity index (χ2n) is 4.25. The molecule has 3 nitrogen and oxygen atoms in total. The molecule has 86 valence electrons. The Balaban J connectivity index is 1.72. The van der Waals surface area contributed by atoms with E-state index in [0.29, 0.717) is 12.5 Å². The predicted octanol–water partition coefficient (Wildman–Crippen LogP) is 2.16. The van der Waals surface area contributed by atoms with Gasteiger partial charge in [0.05, 0.1) is 0 Å². The normalized spacial score (nSPS) is 19.6. The molecule has 1 heterocycles. The molecule has 1 aliphatic rings. The topological polar surface area (TPSA) is 41.1 Å². The van der Waals surface area contributed by atoms with Crippen molar-refractivity contribution in [3.8, 4) is 0 Å². The van der Waals surface area contributed by atoms with E-state index in [1.807, 2.05) is 30.3 Å². The fourth-order valence-corrected chi connectivity index (χ4v) is 2.05. The van der Waals surface area contributed by atoms with E-state index in [1.54, 1.807) is 0 Å². The average molecular weight is 218 g/mol. The van der Waals surface area contributed by atoms with E-state index in [-0.39, 0.29) is 5.91 Å². The fraction of sp³-hybridized carbons (Fsp3) is 0.462. The summed E-state index contributed by atoms with van der Waals surface area (Å²) in [5.41, 5.74) is 0.881. The number of para-hydroxylation sites is 1. The zero-order valence-corrected chi connectivity index (χ0v) is 9.41. The van der Waals surface area contributed by atoms with Crippen LogP contribution < -0.4 is 10.6 Å². The van der Waals surface area contributed by atoms with Crippen LogP contribution in [-0.4, -0.2) is 18.5 Å². The molecule has 0 aliphatic carbocycles. The molecule has 0 spiro atoms. The number of nitrogens with one attached hydrogen (secondary N) is 2. The molecule has 0 bridgehead atoms. The minimum atomic E-state index is 0.111. The van der Waals surface area contributed by atoms with Gasteiger partial charge >= 0.3 is 0 Å². The van der Waals surface area contributed by atoms with E-state index >= 15 is 0 Å². The summed E-state index contributed by atoms with van der Waals surface area (Å²) in [6.45, 7) is 1.10. The van der Waals surface area contributed by atoms with Crippen molar-refractivity contribution in [1.29, 1.82) is 0 Å². The summed E-state index contributed by atoms with van der Waals surface area (Å²) in [5, 5.41) is 6.29. The average Bonchev–Trinajstić information content (AvgIpc) is 2.81. The van der Waals surface area contributed by atoms with Crippen LogP contribution in [0.2, 0.25) is 0 Å². The standard InChI is InChI=1S/C13H18N2O/c16-13(9-8-11-7-4-10-14-11)15-12-5-2-1-3-6-12/h1-3,5-6,11,14H,4,7-10H2,(H,15,16)/t11-/m0/s1. The van der Waals surface area contributed by atoms with E-state index in [2.05, 4.69) is 10.6 Å². The van der Waals surface area contributed by atoms with E-state index in [1.165, 1.54) is 12.8 Å². The van der Waals surface area contributed by atoms with Crippen LogP contribution in [0, 0.1) is 0 Å². The highest BCUT2D eigenvalue weighted by molar-refractivity contribution is 5.90. The van der Waals surface area contributed by atoms with Crippen molar-refractivity contribution in [3.63, 3.8) is 0 Å². The van der Waals surface area contributed by atoms with Gasteiger partial charge in [0.15, 0.2) is 0 Å². The van der Waals surface area contributed by atoms with Crippen LogP contribution in [-0.2, 0) is 4.79 Å². The summed E-state index contributed by atoms with van der Waals surface area (Å²) in [4.78, 5) is 11.6. The molecule has 1 atom stereocenters. The Kier molecular flexibility index (Phi) is 3.94. The van der Waals surface area contributed by atoms with Gasteiger partial charge in [-0.2, -0.15) is 0 Å². The minimum absolute atomic E-state index is 0.111. The number of hydrogen-bond acceptors (Lipinski definition) is 2. The molecule has 0 unspecified atom stereocenters. The Morgan fingerprint density at radius 2 is 2.19 bits per heavy atom. The van der Waals surface area contributed by atoms with Gasteiger partial charge in [0.25, 0.3) is 0 Å². The Hall–Kier alpha value is -1.35. The summed E-state index contributed by atoms with van der Waals surface area (Å²) in [5.74, 6) is 0.111. The maximum atomic E-state index is 11.6. The lowest BCUT2D eigenvalue weighted by Gasteiger charge is -2.09. The van der Waals surface area contributed by atoms with Crippen molar-refractivity contribution in [2.45, 2.75) is 31.7 Å². The van der Waals surface area contributed by atoms with Crippen LogP contribution in [0.5, 0.6) is 0 Å². The van der Waals surface area contributed by atoms with Crippen molar-refractivity contribution in [2.75, 3.05) is 11.9 Å². The van der Waals surface area contributed by atoms with E-state index in [4.69, 9.17) is 0 Å². The fourth-order valence-electron chi connectivity index (χ4n) is 2.05. The Labute approximate surface area is 96.2 Å². The SMILES string of the molecule is O=C(CC[C@@H]1CCCN1)Nc1ccccc1. The van der Waals surface area contributed by atoms with Crippen LogP contribution in [0.1, 0.15) is 25.7 Å². The van der Waals surface area contributed by atoms with E-state index in [9.17, 15) is 4.79 Å². The van der Waals surface area contributed by atoms with Gasteiger partial charge < -0.3 is 10.6 Å². The molecule has 2 rings (SSSR count). The highest BCUT2D eigenvalue weighted by Gasteiger charge is 2.15.